The fourth-order valence-electron chi connectivity index (χ4n) is 2.61. The van der Waals surface area contributed by atoms with Crippen LogP contribution in [0.2, 0.25) is 0 Å². The molecule has 1 unspecified atom stereocenters. The van der Waals surface area contributed by atoms with Gasteiger partial charge in [0.25, 0.3) is 17.7 Å². The molecule has 138 valence electrons. The monoisotopic (exact) mass is 370 g/mol. The van der Waals surface area contributed by atoms with Crippen molar-refractivity contribution in [2.45, 2.75) is 13.0 Å². The van der Waals surface area contributed by atoms with Crippen molar-refractivity contribution >= 4 is 29.4 Å². The summed E-state index contributed by atoms with van der Waals surface area (Å²) in [6.45, 7) is 0.721. The average Bonchev–Trinajstić information content (AvgIpc) is 2.87. The van der Waals surface area contributed by atoms with Crippen LogP contribution in [0.5, 0.6) is 0 Å². The van der Waals surface area contributed by atoms with Gasteiger partial charge in [-0.2, -0.15) is 0 Å². The van der Waals surface area contributed by atoms with Crippen molar-refractivity contribution in [2.75, 3.05) is 11.9 Å². The number of anilines is 1. The summed E-state index contributed by atoms with van der Waals surface area (Å²) in [6.07, 6.45) is -1.20. The van der Waals surface area contributed by atoms with Crippen molar-refractivity contribution in [3.63, 3.8) is 0 Å². The van der Waals surface area contributed by atoms with Gasteiger partial charge in [-0.25, -0.2) is 4.39 Å². The second-order valence-corrected chi connectivity index (χ2v) is 5.87. The van der Waals surface area contributed by atoms with Crippen molar-refractivity contribution in [3.05, 3.63) is 65.5 Å². The van der Waals surface area contributed by atoms with Gasteiger partial charge in [0.1, 0.15) is 12.4 Å². The Morgan fingerprint density at radius 1 is 1.07 bits per heavy atom. The zero-order valence-electron chi connectivity index (χ0n) is 14.3. The first kappa shape index (κ1) is 18.2. The maximum Gasteiger partial charge on any atom is 0.326 e. The molecule has 1 aliphatic rings. The molecule has 2 aromatic carbocycles. The molecular weight excluding hydrogens is 355 g/mol. The third-order valence-corrected chi connectivity index (χ3v) is 3.94. The number of esters is 1. The van der Waals surface area contributed by atoms with Crippen LogP contribution in [0.4, 0.5) is 10.1 Å². The summed E-state index contributed by atoms with van der Waals surface area (Å²) >= 11 is 0. The summed E-state index contributed by atoms with van der Waals surface area (Å²) in [6, 6.07) is 11.5. The first-order valence-electron chi connectivity index (χ1n) is 8.08. The molecule has 0 saturated heterocycles. The molecule has 0 bridgehead atoms. The number of benzene rings is 2. The highest BCUT2D eigenvalue weighted by molar-refractivity contribution is 6.22. The number of amides is 3. The molecule has 0 spiro atoms. The van der Waals surface area contributed by atoms with Gasteiger partial charge in [0.15, 0.2) is 6.10 Å². The summed E-state index contributed by atoms with van der Waals surface area (Å²) in [5.41, 5.74) is 0.641. The molecule has 0 aromatic heterocycles. The van der Waals surface area contributed by atoms with Crippen LogP contribution < -0.4 is 5.32 Å². The average molecular weight is 370 g/mol. The van der Waals surface area contributed by atoms with Crippen molar-refractivity contribution < 1.29 is 28.3 Å². The number of imide groups is 1. The normalized spacial score (nSPS) is 13.9. The number of nitrogens with zero attached hydrogens (tertiary/aromatic N) is 1. The lowest BCUT2D eigenvalue weighted by molar-refractivity contribution is -0.153. The molecule has 3 amide bonds. The molecule has 0 radical (unpaired) electrons. The summed E-state index contributed by atoms with van der Waals surface area (Å²) < 4.78 is 18.1. The minimum absolute atomic E-state index is 0.211. The predicted octanol–water partition coefficient (Wildman–Crippen LogP) is 1.99. The van der Waals surface area contributed by atoms with E-state index in [1.165, 1.54) is 37.3 Å². The number of ether oxygens (including phenoxy) is 1. The fraction of sp³-hybridized carbons (Fsp3) is 0.158. The van der Waals surface area contributed by atoms with Gasteiger partial charge in [-0.15, -0.1) is 0 Å². The van der Waals surface area contributed by atoms with Gasteiger partial charge in [0.05, 0.1) is 11.1 Å². The highest BCUT2D eigenvalue weighted by Crippen LogP contribution is 2.22. The third kappa shape index (κ3) is 3.84. The van der Waals surface area contributed by atoms with Crippen molar-refractivity contribution in [2.24, 2.45) is 0 Å². The summed E-state index contributed by atoms with van der Waals surface area (Å²) in [4.78, 5) is 49.3. The minimum Gasteiger partial charge on any atom is -0.451 e. The van der Waals surface area contributed by atoms with Crippen molar-refractivity contribution in [1.29, 1.82) is 0 Å². The fourth-order valence-corrected chi connectivity index (χ4v) is 2.61. The Morgan fingerprint density at radius 3 is 2.30 bits per heavy atom. The van der Waals surface area contributed by atoms with E-state index in [0.29, 0.717) is 0 Å². The molecule has 0 saturated carbocycles. The quantitative estimate of drug-likeness (QED) is 0.642. The largest absolute Gasteiger partial charge is 0.451 e. The number of nitrogens with one attached hydrogen (secondary N) is 1. The van der Waals surface area contributed by atoms with E-state index in [2.05, 4.69) is 5.32 Å². The molecule has 0 aliphatic carbocycles. The Balaban J connectivity index is 1.58. The highest BCUT2D eigenvalue weighted by Gasteiger charge is 2.37. The molecular formula is C19H15FN2O5. The molecule has 0 fully saturated rings. The van der Waals surface area contributed by atoms with Crippen molar-refractivity contribution in [3.8, 4) is 0 Å². The Labute approximate surface area is 153 Å². The molecule has 3 rings (SSSR count). The number of rotatable bonds is 5. The minimum atomic E-state index is -1.20. The third-order valence-electron chi connectivity index (χ3n) is 3.94. The lowest BCUT2D eigenvalue weighted by Gasteiger charge is -2.16. The molecule has 1 aliphatic heterocycles. The van der Waals surface area contributed by atoms with Gasteiger partial charge in [-0.05, 0) is 37.3 Å². The van der Waals surface area contributed by atoms with Crippen LogP contribution >= 0.6 is 0 Å². The topological polar surface area (TPSA) is 92.8 Å². The zero-order valence-corrected chi connectivity index (χ0v) is 14.3. The summed E-state index contributed by atoms with van der Waals surface area (Å²) in [5.74, 6) is -3.29. The van der Waals surface area contributed by atoms with Crippen LogP contribution in [0.25, 0.3) is 0 Å². The van der Waals surface area contributed by atoms with Crippen LogP contribution in [0, 0.1) is 5.82 Å². The Kier molecular flexibility index (Phi) is 4.98. The van der Waals surface area contributed by atoms with E-state index in [1.54, 1.807) is 12.1 Å². The molecule has 7 nitrogen and oxygen atoms in total. The van der Waals surface area contributed by atoms with E-state index in [4.69, 9.17) is 4.74 Å². The predicted molar refractivity (Wildman–Crippen MR) is 92.4 cm³/mol. The van der Waals surface area contributed by atoms with Gasteiger partial charge in [0, 0.05) is 5.69 Å². The maximum atomic E-state index is 13.1. The second kappa shape index (κ2) is 7.36. The number of carbonyl (C=O) groups is 4. The number of carbonyl (C=O) groups excluding carboxylic acids is 4. The van der Waals surface area contributed by atoms with Gasteiger partial charge in [0.2, 0.25) is 0 Å². The van der Waals surface area contributed by atoms with E-state index in [-0.39, 0.29) is 16.8 Å². The highest BCUT2D eigenvalue weighted by atomic mass is 19.1. The van der Waals surface area contributed by atoms with Gasteiger partial charge in [-0.3, -0.25) is 24.1 Å². The summed E-state index contributed by atoms with van der Waals surface area (Å²) in [7, 11) is 0. The second-order valence-electron chi connectivity index (χ2n) is 5.87. The van der Waals surface area contributed by atoms with E-state index in [0.717, 1.165) is 11.0 Å². The van der Waals surface area contributed by atoms with Crippen LogP contribution in [0.3, 0.4) is 0 Å². The van der Waals surface area contributed by atoms with Crippen LogP contribution in [-0.2, 0) is 14.3 Å². The zero-order chi connectivity index (χ0) is 19.6. The molecule has 27 heavy (non-hydrogen) atoms. The first-order valence-corrected chi connectivity index (χ1v) is 8.08. The van der Waals surface area contributed by atoms with Crippen LogP contribution in [-0.4, -0.2) is 41.2 Å². The molecule has 1 atom stereocenters. The molecule has 8 heteroatoms. The SMILES string of the molecule is CC(OC(=O)CN1C(=O)c2ccccc2C1=O)C(=O)Nc1cccc(F)c1. The van der Waals surface area contributed by atoms with Gasteiger partial charge in [-0.1, -0.05) is 18.2 Å². The lowest BCUT2D eigenvalue weighted by atomic mass is 10.1. The Morgan fingerprint density at radius 2 is 1.70 bits per heavy atom. The van der Waals surface area contributed by atoms with Crippen LogP contribution in [0.1, 0.15) is 27.6 Å². The maximum absolute atomic E-state index is 13.1. The van der Waals surface area contributed by atoms with Gasteiger partial charge >= 0.3 is 5.97 Å². The van der Waals surface area contributed by atoms with E-state index < -0.39 is 42.2 Å². The first-order chi connectivity index (χ1) is 12.9. The number of hydrogen-bond donors (Lipinski definition) is 1. The van der Waals surface area contributed by atoms with Gasteiger partial charge < -0.3 is 10.1 Å². The number of hydrogen-bond acceptors (Lipinski definition) is 5. The summed E-state index contributed by atoms with van der Waals surface area (Å²) in [5, 5.41) is 2.41. The smallest absolute Gasteiger partial charge is 0.326 e. The lowest BCUT2D eigenvalue weighted by Crippen LogP contribution is -2.38. The standard InChI is InChI=1S/C19H15FN2O5/c1-11(17(24)21-13-6-4-5-12(20)9-13)27-16(23)10-22-18(25)14-7-2-3-8-15(14)19(22)26/h2-9,11H,10H2,1H3,(H,21,24). The van der Waals surface area contributed by atoms with Crippen molar-refractivity contribution in [1.82, 2.24) is 4.90 Å². The van der Waals surface area contributed by atoms with E-state index in [9.17, 15) is 23.6 Å². The van der Waals surface area contributed by atoms with Crippen LogP contribution in [0.15, 0.2) is 48.5 Å². The Bertz CT molecular complexity index is 908. The van der Waals surface area contributed by atoms with E-state index in [1.807, 2.05) is 0 Å². The number of fused-ring (bicyclic) bond motifs is 1. The molecule has 1 heterocycles. The Hall–Kier alpha value is -3.55. The van der Waals surface area contributed by atoms with E-state index >= 15 is 0 Å². The molecule has 1 N–H and O–H groups in total. The number of halogens is 1. The molecule has 2 aromatic rings.